The number of hydrogen-bond donors (Lipinski definition) is 2. The lowest BCUT2D eigenvalue weighted by molar-refractivity contribution is -0.141. The lowest BCUT2D eigenvalue weighted by Crippen LogP contribution is -2.20. The van der Waals surface area contributed by atoms with Gasteiger partial charge in [0.15, 0.2) is 5.16 Å². The maximum Gasteiger partial charge on any atom is 0.406 e. The van der Waals surface area contributed by atoms with Crippen LogP contribution < -0.4 is 5.73 Å². The molecule has 0 bridgehead atoms. The highest BCUT2D eigenvalue weighted by atomic mass is 32.2. The number of carbonyl (C=O) groups is 1. The summed E-state index contributed by atoms with van der Waals surface area (Å²) < 4.78 is 37.0. The molecule has 0 aliphatic rings. The predicted molar refractivity (Wildman–Crippen MR) is 48.8 cm³/mol. The fourth-order valence-electron chi connectivity index (χ4n) is 0.861. The third-order valence-electron chi connectivity index (χ3n) is 1.41. The van der Waals surface area contributed by atoms with Crippen molar-refractivity contribution in [2.45, 2.75) is 17.9 Å². The van der Waals surface area contributed by atoms with Gasteiger partial charge >= 0.3 is 12.1 Å². The summed E-state index contributed by atoms with van der Waals surface area (Å²) in [7, 11) is 0. The van der Waals surface area contributed by atoms with Crippen LogP contribution in [0, 0.1) is 0 Å². The number of anilines is 1. The van der Waals surface area contributed by atoms with E-state index in [1.165, 1.54) is 0 Å². The van der Waals surface area contributed by atoms with Crippen LogP contribution in [0.1, 0.15) is 0 Å². The molecule has 1 rings (SSSR count). The summed E-state index contributed by atoms with van der Waals surface area (Å²) in [5.74, 6) is -1.97. The number of carboxylic acids is 1. The maximum absolute atomic E-state index is 12.1. The molecule has 1 heterocycles. The van der Waals surface area contributed by atoms with E-state index in [-0.39, 0.29) is 5.16 Å². The van der Waals surface area contributed by atoms with Crippen LogP contribution in [-0.4, -0.2) is 37.8 Å². The van der Waals surface area contributed by atoms with Gasteiger partial charge in [-0.05, 0) is 0 Å². The van der Waals surface area contributed by atoms with Crippen molar-refractivity contribution < 1.29 is 23.1 Å². The van der Waals surface area contributed by atoms with Crippen LogP contribution in [0.25, 0.3) is 0 Å². The summed E-state index contributed by atoms with van der Waals surface area (Å²) in [5.41, 5.74) is 5.18. The molecule has 0 aromatic carbocycles. The first-order valence-corrected chi connectivity index (χ1v) is 4.88. The van der Waals surface area contributed by atoms with Crippen LogP contribution in [0.2, 0.25) is 0 Å². The molecular weight excluding hydrogens is 249 g/mol. The van der Waals surface area contributed by atoms with Gasteiger partial charge < -0.3 is 10.8 Å². The zero-order valence-electron chi connectivity index (χ0n) is 7.73. The summed E-state index contributed by atoms with van der Waals surface area (Å²) in [4.78, 5) is 10.2. The molecule has 0 aliphatic carbocycles. The molecule has 16 heavy (non-hydrogen) atoms. The zero-order chi connectivity index (χ0) is 12.3. The predicted octanol–water partition coefficient (Wildman–Crippen LogP) is 0.599. The van der Waals surface area contributed by atoms with Crippen LogP contribution in [0.5, 0.6) is 0 Å². The molecule has 3 N–H and O–H groups in total. The Balaban J connectivity index is 2.81. The molecule has 0 fully saturated rings. The number of thioether (sulfide) groups is 1. The Morgan fingerprint density at radius 3 is 2.62 bits per heavy atom. The van der Waals surface area contributed by atoms with Crippen molar-refractivity contribution >= 4 is 23.7 Å². The summed E-state index contributed by atoms with van der Waals surface area (Å²) in [6.07, 6.45) is -4.46. The monoisotopic (exact) mass is 256 g/mol. The average Bonchev–Trinajstić information content (AvgIpc) is 2.43. The molecule has 6 nitrogen and oxygen atoms in total. The Morgan fingerprint density at radius 1 is 1.50 bits per heavy atom. The molecule has 10 heteroatoms. The minimum absolute atomic E-state index is 0.169. The number of halogens is 3. The molecule has 0 spiro atoms. The lowest BCUT2D eigenvalue weighted by Gasteiger charge is -2.09. The molecule has 1 aromatic rings. The van der Waals surface area contributed by atoms with Crippen molar-refractivity contribution in [1.82, 2.24) is 14.8 Å². The van der Waals surface area contributed by atoms with Crippen LogP contribution in [0.4, 0.5) is 19.1 Å². The van der Waals surface area contributed by atoms with Crippen molar-refractivity contribution in [2.24, 2.45) is 0 Å². The highest BCUT2D eigenvalue weighted by Gasteiger charge is 2.30. The van der Waals surface area contributed by atoms with E-state index in [4.69, 9.17) is 10.8 Å². The van der Waals surface area contributed by atoms with E-state index in [1.807, 2.05) is 0 Å². The van der Waals surface area contributed by atoms with Crippen LogP contribution in [0.3, 0.4) is 0 Å². The van der Waals surface area contributed by atoms with E-state index in [1.54, 1.807) is 0 Å². The van der Waals surface area contributed by atoms with Gasteiger partial charge in [-0.1, -0.05) is 11.8 Å². The topological polar surface area (TPSA) is 94.0 Å². The third kappa shape index (κ3) is 3.61. The summed E-state index contributed by atoms with van der Waals surface area (Å²) in [5, 5.41) is 14.8. The van der Waals surface area contributed by atoms with Gasteiger partial charge in [-0.25, -0.2) is 0 Å². The quantitative estimate of drug-likeness (QED) is 0.766. The lowest BCUT2D eigenvalue weighted by atomic mass is 10.6. The number of aliphatic carboxylic acids is 1. The molecule has 0 saturated carbocycles. The second-order valence-electron chi connectivity index (χ2n) is 2.72. The maximum atomic E-state index is 12.1. The van der Waals surface area contributed by atoms with Crippen LogP contribution in [0.15, 0.2) is 5.16 Å². The van der Waals surface area contributed by atoms with Gasteiger partial charge in [0.2, 0.25) is 5.95 Å². The minimum atomic E-state index is -4.46. The zero-order valence-corrected chi connectivity index (χ0v) is 8.55. The van der Waals surface area contributed by atoms with E-state index in [9.17, 15) is 18.0 Å². The van der Waals surface area contributed by atoms with E-state index >= 15 is 0 Å². The summed E-state index contributed by atoms with van der Waals surface area (Å²) >= 11 is 0.626. The molecule has 0 saturated heterocycles. The normalized spacial score (nSPS) is 11.7. The second kappa shape index (κ2) is 4.60. The van der Waals surface area contributed by atoms with Gasteiger partial charge in [0, 0.05) is 0 Å². The smallest absolute Gasteiger partial charge is 0.406 e. The standard InChI is InChI=1S/C6H7F3N4O2S/c7-6(8,9)2-13-4(10)11-12-5(13)16-1-3(14)15/h1-2H2,(H2,10,11)(H,14,15). The molecule has 1 aromatic heterocycles. The number of nitrogen functional groups attached to an aromatic ring is 1. The third-order valence-corrected chi connectivity index (χ3v) is 2.36. The van der Waals surface area contributed by atoms with Gasteiger partial charge in [0.1, 0.15) is 6.54 Å². The van der Waals surface area contributed by atoms with E-state index in [0.717, 1.165) is 0 Å². The average molecular weight is 256 g/mol. The Labute approximate surface area is 91.6 Å². The summed E-state index contributed by atoms with van der Waals surface area (Å²) in [6, 6.07) is 0. The molecule has 0 atom stereocenters. The van der Waals surface area contributed by atoms with Crippen molar-refractivity contribution in [3.8, 4) is 0 Å². The Hall–Kier alpha value is -1.45. The molecular formula is C6H7F3N4O2S. The van der Waals surface area contributed by atoms with Gasteiger partial charge in [-0.15, -0.1) is 10.2 Å². The first kappa shape index (κ1) is 12.6. The molecule has 0 amide bonds. The largest absolute Gasteiger partial charge is 0.481 e. The number of aromatic nitrogens is 3. The number of nitrogens with two attached hydrogens (primary N) is 1. The molecule has 0 aliphatic heterocycles. The molecule has 0 unspecified atom stereocenters. The van der Waals surface area contributed by atoms with E-state index < -0.39 is 30.4 Å². The Bertz CT molecular complexity index is 392. The fraction of sp³-hybridized carbons (Fsp3) is 0.500. The van der Waals surface area contributed by atoms with Crippen LogP contribution in [-0.2, 0) is 11.3 Å². The van der Waals surface area contributed by atoms with Crippen LogP contribution >= 0.6 is 11.8 Å². The van der Waals surface area contributed by atoms with E-state index in [0.29, 0.717) is 16.3 Å². The number of carboxylic acid groups (broad SMARTS) is 1. The van der Waals surface area contributed by atoms with Gasteiger partial charge in [0.25, 0.3) is 0 Å². The number of nitrogens with zero attached hydrogens (tertiary/aromatic N) is 3. The van der Waals surface area contributed by atoms with Crippen molar-refractivity contribution in [1.29, 1.82) is 0 Å². The second-order valence-corrected chi connectivity index (χ2v) is 3.67. The first-order chi connectivity index (χ1) is 7.29. The SMILES string of the molecule is Nc1nnc(SCC(=O)O)n1CC(F)(F)F. The van der Waals surface area contributed by atoms with Crippen molar-refractivity contribution in [3.63, 3.8) is 0 Å². The summed E-state index contributed by atoms with van der Waals surface area (Å²) in [6.45, 7) is -1.34. The highest BCUT2D eigenvalue weighted by molar-refractivity contribution is 7.99. The molecule has 90 valence electrons. The highest BCUT2D eigenvalue weighted by Crippen LogP contribution is 2.24. The van der Waals surface area contributed by atoms with Gasteiger partial charge in [-0.2, -0.15) is 13.2 Å². The number of alkyl halides is 3. The number of hydrogen-bond acceptors (Lipinski definition) is 5. The Kier molecular flexibility index (Phi) is 3.62. The minimum Gasteiger partial charge on any atom is -0.481 e. The number of rotatable bonds is 4. The molecule has 0 radical (unpaired) electrons. The first-order valence-electron chi connectivity index (χ1n) is 3.89. The van der Waals surface area contributed by atoms with E-state index in [2.05, 4.69) is 10.2 Å². The van der Waals surface area contributed by atoms with Gasteiger partial charge in [0.05, 0.1) is 5.75 Å². The van der Waals surface area contributed by atoms with Gasteiger partial charge in [-0.3, -0.25) is 9.36 Å². The fourth-order valence-corrected chi connectivity index (χ4v) is 1.53. The Morgan fingerprint density at radius 2 is 2.12 bits per heavy atom. The van der Waals surface area contributed by atoms with Crippen molar-refractivity contribution in [3.05, 3.63) is 0 Å². The van der Waals surface area contributed by atoms with Crippen molar-refractivity contribution in [2.75, 3.05) is 11.5 Å².